The lowest BCUT2D eigenvalue weighted by Gasteiger charge is -2.19. The number of nitrogens with zero attached hydrogens (tertiary/aromatic N) is 1. The van der Waals surface area contributed by atoms with Gasteiger partial charge in [0.25, 0.3) is 0 Å². The van der Waals surface area contributed by atoms with Crippen molar-refractivity contribution < 1.29 is 14.3 Å². The van der Waals surface area contributed by atoms with E-state index in [-0.39, 0.29) is 11.9 Å². The molecule has 1 heterocycles. The molecule has 1 atom stereocenters. The number of amides is 2. The summed E-state index contributed by atoms with van der Waals surface area (Å²) in [6, 6.07) is 9.74. The molecule has 1 aromatic rings. The lowest BCUT2D eigenvalue weighted by Crippen LogP contribution is -2.40. The van der Waals surface area contributed by atoms with Crippen LogP contribution in [0.15, 0.2) is 30.3 Å². The van der Waals surface area contributed by atoms with Crippen molar-refractivity contribution in [1.29, 1.82) is 0 Å². The molecule has 0 N–H and O–H groups in total. The topological polar surface area (TPSA) is 46.6 Å². The summed E-state index contributed by atoms with van der Waals surface area (Å²) in [5.41, 5.74) is 1.12. The van der Waals surface area contributed by atoms with Gasteiger partial charge in [0.1, 0.15) is 6.61 Å². The second-order valence-corrected chi connectivity index (χ2v) is 5.33. The van der Waals surface area contributed by atoms with Crippen LogP contribution in [-0.2, 0) is 16.0 Å². The lowest BCUT2D eigenvalue weighted by atomic mass is 10.1. The molecule has 2 aliphatic rings. The average molecular weight is 259 g/mol. The molecular weight excluding hydrogens is 242 g/mol. The van der Waals surface area contributed by atoms with Crippen LogP contribution >= 0.6 is 0 Å². The lowest BCUT2D eigenvalue weighted by molar-refractivity contribution is -0.129. The maximum atomic E-state index is 12.1. The Morgan fingerprint density at radius 3 is 2.68 bits per heavy atom. The zero-order chi connectivity index (χ0) is 13.2. The SMILES string of the molecule is O=C(CC1CC1)N1C(=O)OCC1Cc1ccccc1. The summed E-state index contributed by atoms with van der Waals surface area (Å²) in [5, 5.41) is 0. The molecule has 1 aliphatic carbocycles. The summed E-state index contributed by atoms with van der Waals surface area (Å²) in [5.74, 6) is 0.407. The molecule has 3 rings (SSSR count). The third-order valence-electron chi connectivity index (χ3n) is 3.70. The Hall–Kier alpha value is -1.84. The fourth-order valence-corrected chi connectivity index (χ4v) is 2.47. The summed E-state index contributed by atoms with van der Waals surface area (Å²) in [7, 11) is 0. The van der Waals surface area contributed by atoms with E-state index >= 15 is 0 Å². The van der Waals surface area contributed by atoms with E-state index in [0.29, 0.717) is 25.4 Å². The van der Waals surface area contributed by atoms with Gasteiger partial charge in [0.05, 0.1) is 6.04 Å². The van der Waals surface area contributed by atoms with Crippen molar-refractivity contribution in [2.45, 2.75) is 31.7 Å². The molecule has 4 heteroatoms. The number of ether oxygens (including phenoxy) is 1. The van der Waals surface area contributed by atoms with E-state index in [9.17, 15) is 9.59 Å². The number of cyclic esters (lactones) is 1. The third kappa shape index (κ3) is 2.78. The van der Waals surface area contributed by atoms with Crippen LogP contribution in [0.2, 0.25) is 0 Å². The summed E-state index contributed by atoms with van der Waals surface area (Å²) >= 11 is 0. The van der Waals surface area contributed by atoms with E-state index < -0.39 is 6.09 Å². The van der Waals surface area contributed by atoms with Gasteiger partial charge in [-0.15, -0.1) is 0 Å². The van der Waals surface area contributed by atoms with Crippen LogP contribution in [0.3, 0.4) is 0 Å². The van der Waals surface area contributed by atoms with E-state index in [1.807, 2.05) is 30.3 Å². The summed E-state index contributed by atoms with van der Waals surface area (Å²) in [6.45, 7) is 0.310. The van der Waals surface area contributed by atoms with E-state index in [1.165, 1.54) is 4.90 Å². The Morgan fingerprint density at radius 2 is 2.00 bits per heavy atom. The minimum atomic E-state index is -0.480. The van der Waals surface area contributed by atoms with Crippen LogP contribution in [0.4, 0.5) is 4.79 Å². The van der Waals surface area contributed by atoms with Crippen LogP contribution in [-0.4, -0.2) is 29.5 Å². The fraction of sp³-hybridized carbons (Fsp3) is 0.467. The van der Waals surface area contributed by atoms with Crippen LogP contribution in [0.5, 0.6) is 0 Å². The maximum absolute atomic E-state index is 12.1. The molecule has 1 aromatic carbocycles. The Labute approximate surface area is 112 Å². The Kier molecular flexibility index (Phi) is 3.23. The largest absolute Gasteiger partial charge is 0.447 e. The number of benzene rings is 1. The first-order valence-electron chi connectivity index (χ1n) is 6.77. The molecule has 19 heavy (non-hydrogen) atoms. The molecule has 2 amide bonds. The summed E-state index contributed by atoms with van der Waals surface area (Å²) < 4.78 is 5.04. The number of carbonyl (C=O) groups excluding carboxylic acids is 2. The molecule has 1 saturated heterocycles. The molecule has 0 aromatic heterocycles. The predicted octanol–water partition coefficient (Wildman–Crippen LogP) is 2.38. The van der Waals surface area contributed by atoms with Crippen molar-refractivity contribution in [2.24, 2.45) is 5.92 Å². The van der Waals surface area contributed by atoms with E-state index in [1.54, 1.807) is 0 Å². The maximum Gasteiger partial charge on any atom is 0.416 e. The van der Waals surface area contributed by atoms with Gasteiger partial charge in [-0.2, -0.15) is 0 Å². The molecule has 100 valence electrons. The molecular formula is C15H17NO3. The van der Waals surface area contributed by atoms with Crippen molar-refractivity contribution in [3.63, 3.8) is 0 Å². The van der Waals surface area contributed by atoms with Crippen molar-refractivity contribution in [3.8, 4) is 0 Å². The van der Waals surface area contributed by atoms with Crippen LogP contribution in [0, 0.1) is 5.92 Å². The minimum absolute atomic E-state index is 0.0778. The zero-order valence-corrected chi connectivity index (χ0v) is 10.7. The third-order valence-corrected chi connectivity index (χ3v) is 3.70. The van der Waals surface area contributed by atoms with E-state index in [2.05, 4.69) is 0 Å². The van der Waals surface area contributed by atoms with Crippen LogP contribution < -0.4 is 0 Å². The van der Waals surface area contributed by atoms with Crippen molar-refractivity contribution >= 4 is 12.0 Å². The predicted molar refractivity (Wildman–Crippen MR) is 69.5 cm³/mol. The highest BCUT2D eigenvalue weighted by Gasteiger charge is 2.39. The second kappa shape index (κ2) is 5.03. The van der Waals surface area contributed by atoms with Gasteiger partial charge >= 0.3 is 6.09 Å². The Morgan fingerprint density at radius 1 is 1.26 bits per heavy atom. The van der Waals surface area contributed by atoms with Gasteiger partial charge in [-0.1, -0.05) is 30.3 Å². The fourth-order valence-electron chi connectivity index (χ4n) is 2.47. The molecule has 1 saturated carbocycles. The first kappa shape index (κ1) is 12.2. The molecule has 1 unspecified atom stereocenters. The normalized spacial score (nSPS) is 22.4. The highest BCUT2D eigenvalue weighted by Crippen LogP contribution is 2.33. The molecule has 1 aliphatic heterocycles. The second-order valence-electron chi connectivity index (χ2n) is 5.33. The summed E-state index contributed by atoms with van der Waals surface area (Å²) in [4.78, 5) is 25.2. The van der Waals surface area contributed by atoms with E-state index in [4.69, 9.17) is 4.74 Å². The first-order chi connectivity index (χ1) is 9.24. The quantitative estimate of drug-likeness (QED) is 0.834. The summed E-state index contributed by atoms with van der Waals surface area (Å²) in [6.07, 6.45) is 2.89. The standard InChI is InChI=1S/C15H17NO3/c17-14(9-12-6-7-12)16-13(10-19-15(16)18)8-11-4-2-1-3-5-11/h1-5,12-13H,6-10H2. The van der Waals surface area contributed by atoms with Crippen LogP contribution in [0.1, 0.15) is 24.8 Å². The zero-order valence-electron chi connectivity index (χ0n) is 10.7. The van der Waals surface area contributed by atoms with Gasteiger partial charge in [-0.25, -0.2) is 9.69 Å². The molecule has 4 nitrogen and oxygen atoms in total. The smallest absolute Gasteiger partial charge is 0.416 e. The average Bonchev–Trinajstić information content (AvgIpc) is 3.14. The van der Waals surface area contributed by atoms with E-state index in [0.717, 1.165) is 18.4 Å². The van der Waals surface area contributed by atoms with Gasteiger partial charge in [-0.05, 0) is 30.7 Å². The molecule has 0 radical (unpaired) electrons. The molecule has 0 bridgehead atoms. The van der Waals surface area contributed by atoms with Crippen LogP contribution in [0.25, 0.3) is 0 Å². The molecule has 0 spiro atoms. The van der Waals surface area contributed by atoms with Gasteiger partial charge < -0.3 is 4.74 Å². The van der Waals surface area contributed by atoms with Gasteiger partial charge in [-0.3, -0.25) is 4.79 Å². The van der Waals surface area contributed by atoms with Gasteiger partial charge in [0.2, 0.25) is 5.91 Å². The minimum Gasteiger partial charge on any atom is -0.447 e. The van der Waals surface area contributed by atoms with Crippen molar-refractivity contribution in [2.75, 3.05) is 6.61 Å². The highest BCUT2D eigenvalue weighted by molar-refractivity contribution is 5.93. The van der Waals surface area contributed by atoms with Crippen molar-refractivity contribution in [3.05, 3.63) is 35.9 Å². The Balaban J connectivity index is 1.68. The van der Waals surface area contributed by atoms with Gasteiger partial charge in [0.15, 0.2) is 0 Å². The number of rotatable bonds is 4. The first-order valence-corrected chi connectivity index (χ1v) is 6.77. The monoisotopic (exact) mass is 259 g/mol. The Bertz CT molecular complexity index is 481. The number of hydrogen-bond acceptors (Lipinski definition) is 3. The number of hydrogen-bond donors (Lipinski definition) is 0. The number of imide groups is 1. The number of carbonyl (C=O) groups is 2. The van der Waals surface area contributed by atoms with Crippen molar-refractivity contribution in [1.82, 2.24) is 4.90 Å². The highest BCUT2D eigenvalue weighted by atomic mass is 16.6. The van der Waals surface area contributed by atoms with Gasteiger partial charge in [0, 0.05) is 6.42 Å². The molecule has 2 fully saturated rings.